The van der Waals surface area contributed by atoms with Gasteiger partial charge in [-0.3, -0.25) is 4.79 Å². The molecular formula is C17H19NO. The zero-order chi connectivity index (χ0) is 13.0. The van der Waals surface area contributed by atoms with E-state index in [-0.39, 0.29) is 0 Å². The van der Waals surface area contributed by atoms with Crippen LogP contribution in [0.1, 0.15) is 41.6 Å². The molecule has 1 aromatic heterocycles. The highest BCUT2D eigenvalue weighted by Crippen LogP contribution is 2.49. The van der Waals surface area contributed by atoms with E-state index in [0.717, 1.165) is 28.8 Å². The lowest BCUT2D eigenvalue weighted by Crippen LogP contribution is -2.20. The van der Waals surface area contributed by atoms with Crippen molar-refractivity contribution in [3.8, 4) is 0 Å². The number of aryl methyl sites for hydroxylation is 1. The second-order valence-electron chi connectivity index (χ2n) is 6.40. The third-order valence-corrected chi connectivity index (χ3v) is 5.18. The van der Waals surface area contributed by atoms with E-state index in [0.29, 0.717) is 17.6 Å². The number of ketones is 1. The van der Waals surface area contributed by atoms with Gasteiger partial charge in [-0.1, -0.05) is 18.6 Å². The molecule has 1 N–H and O–H groups in total. The van der Waals surface area contributed by atoms with Crippen LogP contribution in [-0.4, -0.2) is 10.8 Å². The molecule has 3 atom stereocenters. The molecule has 2 heteroatoms. The standard InChI is InChI=1S/C17H19NO/c1-10-2-5-13-15(9-18-16(13)6-10)17(19)14-8-11-3-4-12(14)7-11/h2,5-6,9,11-12,14,18H,3-4,7-8H2,1H3. The van der Waals surface area contributed by atoms with Gasteiger partial charge < -0.3 is 4.98 Å². The van der Waals surface area contributed by atoms with Crippen LogP contribution in [0.5, 0.6) is 0 Å². The average Bonchev–Trinajstić information content (AvgIpc) is 3.11. The molecule has 3 unspecified atom stereocenters. The lowest BCUT2D eigenvalue weighted by molar-refractivity contribution is 0.0876. The summed E-state index contributed by atoms with van der Waals surface area (Å²) >= 11 is 0. The number of carbonyl (C=O) groups excluding carboxylic acids is 1. The predicted molar refractivity (Wildman–Crippen MR) is 76.3 cm³/mol. The van der Waals surface area contributed by atoms with Crippen molar-refractivity contribution in [2.45, 2.75) is 32.6 Å². The van der Waals surface area contributed by atoms with E-state index in [1.54, 1.807) is 0 Å². The van der Waals surface area contributed by atoms with Crippen LogP contribution in [0.15, 0.2) is 24.4 Å². The third-order valence-electron chi connectivity index (χ3n) is 5.18. The average molecular weight is 253 g/mol. The number of nitrogens with one attached hydrogen (secondary N) is 1. The maximum Gasteiger partial charge on any atom is 0.168 e. The molecule has 0 amide bonds. The number of fused-ring (bicyclic) bond motifs is 3. The van der Waals surface area contributed by atoms with Gasteiger partial charge in [-0.05, 0) is 49.7 Å². The van der Waals surface area contributed by atoms with Crippen molar-refractivity contribution in [1.29, 1.82) is 0 Å². The van der Waals surface area contributed by atoms with Gasteiger partial charge in [-0.25, -0.2) is 0 Å². The topological polar surface area (TPSA) is 32.9 Å². The minimum Gasteiger partial charge on any atom is -0.360 e. The van der Waals surface area contributed by atoms with Gasteiger partial charge in [-0.15, -0.1) is 0 Å². The number of rotatable bonds is 2. The monoisotopic (exact) mass is 253 g/mol. The van der Waals surface area contributed by atoms with Crippen LogP contribution in [0.25, 0.3) is 10.9 Å². The molecule has 1 aromatic carbocycles. The number of aromatic nitrogens is 1. The van der Waals surface area contributed by atoms with Crippen molar-refractivity contribution in [3.05, 3.63) is 35.5 Å². The SMILES string of the molecule is Cc1ccc2c(C(=O)C3CC4CCC3C4)c[nH]c2c1. The summed E-state index contributed by atoms with van der Waals surface area (Å²) in [6, 6.07) is 6.29. The molecule has 2 fully saturated rings. The lowest BCUT2D eigenvalue weighted by atomic mass is 9.83. The Bertz CT molecular complexity index is 654. The Labute approximate surface area is 113 Å². The van der Waals surface area contributed by atoms with Crippen molar-refractivity contribution in [2.75, 3.05) is 0 Å². The molecule has 0 aliphatic heterocycles. The molecule has 2 aromatic rings. The first-order valence-corrected chi connectivity index (χ1v) is 7.34. The zero-order valence-corrected chi connectivity index (χ0v) is 11.3. The molecule has 1 heterocycles. The van der Waals surface area contributed by atoms with Crippen molar-refractivity contribution in [3.63, 3.8) is 0 Å². The highest BCUT2D eigenvalue weighted by Gasteiger charge is 2.43. The molecule has 19 heavy (non-hydrogen) atoms. The predicted octanol–water partition coefficient (Wildman–Crippen LogP) is 4.10. The summed E-state index contributed by atoms with van der Waals surface area (Å²) in [5.74, 6) is 2.15. The van der Waals surface area contributed by atoms with Crippen LogP contribution in [0.2, 0.25) is 0 Å². The van der Waals surface area contributed by atoms with Crippen molar-refractivity contribution < 1.29 is 4.79 Å². The van der Waals surface area contributed by atoms with Gasteiger partial charge >= 0.3 is 0 Å². The highest BCUT2D eigenvalue weighted by atomic mass is 16.1. The van der Waals surface area contributed by atoms with Gasteiger partial charge in [0, 0.05) is 28.6 Å². The molecule has 4 rings (SSSR count). The third kappa shape index (κ3) is 1.66. The smallest absolute Gasteiger partial charge is 0.168 e. The van der Waals surface area contributed by atoms with E-state index in [9.17, 15) is 4.79 Å². The Balaban J connectivity index is 1.72. The van der Waals surface area contributed by atoms with E-state index >= 15 is 0 Å². The van der Waals surface area contributed by atoms with Gasteiger partial charge in [0.25, 0.3) is 0 Å². The van der Waals surface area contributed by atoms with Crippen LogP contribution in [0, 0.1) is 24.7 Å². The number of hydrogen-bond acceptors (Lipinski definition) is 1. The van der Waals surface area contributed by atoms with Gasteiger partial charge in [-0.2, -0.15) is 0 Å². The van der Waals surface area contributed by atoms with Gasteiger partial charge in [0.05, 0.1) is 0 Å². The largest absolute Gasteiger partial charge is 0.360 e. The Morgan fingerprint density at radius 3 is 2.89 bits per heavy atom. The fourth-order valence-electron chi connectivity index (χ4n) is 4.21. The Kier molecular flexibility index (Phi) is 2.35. The molecule has 2 saturated carbocycles. The molecule has 2 aliphatic carbocycles. The minimum atomic E-state index is 0.291. The van der Waals surface area contributed by atoms with Crippen LogP contribution in [0.3, 0.4) is 0 Å². The van der Waals surface area contributed by atoms with E-state index in [1.165, 1.54) is 24.8 Å². The van der Waals surface area contributed by atoms with E-state index in [4.69, 9.17) is 0 Å². The fraction of sp³-hybridized carbons (Fsp3) is 0.471. The number of benzene rings is 1. The number of hydrogen-bond donors (Lipinski definition) is 1. The van der Waals surface area contributed by atoms with E-state index < -0.39 is 0 Å². The van der Waals surface area contributed by atoms with Gasteiger partial charge in [0.2, 0.25) is 0 Å². The molecule has 0 spiro atoms. The Hall–Kier alpha value is -1.57. The first kappa shape index (κ1) is 11.3. The van der Waals surface area contributed by atoms with Gasteiger partial charge in [0.1, 0.15) is 0 Å². The highest BCUT2D eigenvalue weighted by molar-refractivity contribution is 6.09. The number of Topliss-reactive ketones (excluding diaryl/α,β-unsaturated/α-hetero) is 1. The van der Waals surface area contributed by atoms with Crippen LogP contribution in [0.4, 0.5) is 0 Å². The first-order valence-electron chi connectivity index (χ1n) is 7.34. The van der Waals surface area contributed by atoms with E-state index in [1.807, 2.05) is 6.20 Å². The summed E-state index contributed by atoms with van der Waals surface area (Å²) in [4.78, 5) is 16.0. The summed E-state index contributed by atoms with van der Waals surface area (Å²) in [6.45, 7) is 2.08. The second kappa shape index (κ2) is 3.96. The number of H-pyrrole nitrogens is 1. The van der Waals surface area contributed by atoms with E-state index in [2.05, 4.69) is 30.1 Å². The summed E-state index contributed by atoms with van der Waals surface area (Å²) in [5.41, 5.74) is 3.23. The minimum absolute atomic E-state index is 0.291. The quantitative estimate of drug-likeness (QED) is 0.803. The first-order chi connectivity index (χ1) is 9.22. The normalized spacial score (nSPS) is 29.2. The van der Waals surface area contributed by atoms with Crippen molar-refractivity contribution >= 4 is 16.7 Å². The molecule has 0 saturated heterocycles. The maximum absolute atomic E-state index is 12.8. The fourth-order valence-corrected chi connectivity index (χ4v) is 4.21. The Morgan fingerprint density at radius 2 is 2.16 bits per heavy atom. The summed E-state index contributed by atoms with van der Waals surface area (Å²) in [7, 11) is 0. The number of aromatic amines is 1. The molecule has 2 bridgehead atoms. The summed E-state index contributed by atoms with van der Waals surface area (Å²) in [5, 5.41) is 1.10. The molecule has 0 radical (unpaired) electrons. The zero-order valence-electron chi connectivity index (χ0n) is 11.3. The maximum atomic E-state index is 12.8. The van der Waals surface area contributed by atoms with Crippen molar-refractivity contribution in [2.24, 2.45) is 17.8 Å². The summed E-state index contributed by atoms with van der Waals surface area (Å²) in [6.07, 6.45) is 6.95. The molecule has 98 valence electrons. The number of carbonyl (C=O) groups is 1. The van der Waals surface area contributed by atoms with Crippen LogP contribution >= 0.6 is 0 Å². The van der Waals surface area contributed by atoms with Crippen molar-refractivity contribution in [1.82, 2.24) is 4.98 Å². The van der Waals surface area contributed by atoms with Gasteiger partial charge in [0.15, 0.2) is 5.78 Å². The Morgan fingerprint density at radius 1 is 1.26 bits per heavy atom. The molecule has 2 aliphatic rings. The summed E-state index contributed by atoms with van der Waals surface area (Å²) < 4.78 is 0. The van der Waals surface area contributed by atoms with Crippen LogP contribution < -0.4 is 0 Å². The van der Waals surface area contributed by atoms with Crippen LogP contribution in [-0.2, 0) is 0 Å². The second-order valence-corrected chi connectivity index (χ2v) is 6.40. The molecule has 2 nitrogen and oxygen atoms in total. The lowest BCUT2D eigenvalue weighted by Gasteiger charge is -2.19. The molecular weight excluding hydrogens is 234 g/mol.